The predicted octanol–water partition coefficient (Wildman–Crippen LogP) is 5.30. The normalized spacial score (nSPS) is 11.6. The topological polar surface area (TPSA) is 94.4 Å². The third-order valence-corrected chi connectivity index (χ3v) is 4.85. The fourth-order valence-electron chi connectivity index (χ4n) is 2.80. The first-order chi connectivity index (χ1) is 15.9. The minimum atomic E-state index is -1.00. The summed E-state index contributed by atoms with van der Waals surface area (Å²) in [5, 5.41) is 9.05. The Morgan fingerprint density at radius 3 is 2.27 bits per heavy atom. The van der Waals surface area contributed by atoms with E-state index in [4.69, 9.17) is 30.9 Å². The summed E-state index contributed by atoms with van der Waals surface area (Å²) < 4.78 is 15.8. The molecule has 0 heterocycles. The summed E-state index contributed by atoms with van der Waals surface area (Å²) in [5.74, 6) is -1.06. The van der Waals surface area contributed by atoms with Gasteiger partial charge in [0.05, 0.1) is 30.5 Å². The van der Waals surface area contributed by atoms with Crippen molar-refractivity contribution in [1.29, 1.82) is 0 Å². The largest absolute Gasteiger partial charge is 0.497 e. The van der Waals surface area contributed by atoms with E-state index in [-0.39, 0.29) is 22.1 Å². The zero-order valence-electron chi connectivity index (χ0n) is 17.8. The Labute approximate surface area is 195 Å². The van der Waals surface area contributed by atoms with Gasteiger partial charge in [-0.2, -0.15) is 0 Å². The molecule has 0 aliphatic carbocycles. The fourth-order valence-corrected chi connectivity index (χ4v) is 3.08. The molecule has 0 aliphatic heterocycles. The number of rotatable bonds is 8. The van der Waals surface area contributed by atoms with Crippen molar-refractivity contribution in [3.05, 3.63) is 95.2 Å². The average molecular weight is 466 g/mol. The molecule has 168 valence electrons. The molecule has 0 unspecified atom stereocenters. The van der Waals surface area contributed by atoms with E-state index in [1.807, 2.05) is 0 Å². The number of benzene rings is 3. The average Bonchev–Trinajstić information content (AvgIpc) is 2.83. The van der Waals surface area contributed by atoms with Crippen molar-refractivity contribution in [1.82, 2.24) is 0 Å². The van der Waals surface area contributed by atoms with Crippen LogP contribution in [0.15, 0.2) is 83.5 Å². The smallest absolute Gasteiger partial charge is 0.380 e. The van der Waals surface area contributed by atoms with Crippen LogP contribution in [-0.4, -0.2) is 37.5 Å². The van der Waals surface area contributed by atoms with Gasteiger partial charge < -0.3 is 19.3 Å². The Bertz CT molecular complexity index is 1220. The molecule has 33 heavy (non-hydrogen) atoms. The lowest BCUT2D eigenvalue weighted by Gasteiger charge is -2.10. The van der Waals surface area contributed by atoms with Gasteiger partial charge in [-0.1, -0.05) is 35.9 Å². The molecule has 0 fully saturated rings. The van der Waals surface area contributed by atoms with Gasteiger partial charge >= 0.3 is 11.9 Å². The van der Waals surface area contributed by atoms with Crippen LogP contribution in [0.3, 0.4) is 0 Å². The zero-order chi connectivity index (χ0) is 23.8. The second-order valence-corrected chi connectivity index (χ2v) is 7.03. The van der Waals surface area contributed by atoms with E-state index >= 15 is 0 Å². The van der Waals surface area contributed by atoms with Gasteiger partial charge in [-0.25, -0.2) is 9.59 Å². The number of carbonyl (C=O) groups is 2. The van der Waals surface area contributed by atoms with Gasteiger partial charge in [0, 0.05) is 11.8 Å². The van der Waals surface area contributed by atoms with Gasteiger partial charge in [0.2, 0.25) is 5.76 Å². The summed E-state index contributed by atoms with van der Waals surface area (Å²) in [5.41, 5.74) is 1.97. The SMILES string of the molecule is CO/C(C(=O)Oc1cccc(C=Nc2ccc(C(=O)O)cc2)c1)=C(/Cl)c1cccc(OC)c1. The van der Waals surface area contributed by atoms with Crippen LogP contribution < -0.4 is 9.47 Å². The monoisotopic (exact) mass is 465 g/mol. The number of hydrogen-bond donors (Lipinski definition) is 1. The predicted molar refractivity (Wildman–Crippen MR) is 126 cm³/mol. The molecule has 0 spiro atoms. The Hall–Kier alpha value is -4.10. The highest BCUT2D eigenvalue weighted by atomic mass is 35.5. The molecule has 0 saturated heterocycles. The molecule has 0 aliphatic rings. The Morgan fingerprint density at radius 2 is 1.61 bits per heavy atom. The molecule has 0 atom stereocenters. The molecule has 0 radical (unpaired) electrons. The maximum Gasteiger partial charge on any atom is 0.380 e. The van der Waals surface area contributed by atoms with Crippen LogP contribution in [0.4, 0.5) is 5.69 Å². The first-order valence-electron chi connectivity index (χ1n) is 9.69. The van der Waals surface area contributed by atoms with E-state index in [9.17, 15) is 9.59 Å². The van der Waals surface area contributed by atoms with Crippen molar-refractivity contribution in [2.24, 2.45) is 4.99 Å². The summed E-state index contributed by atoms with van der Waals surface area (Å²) in [7, 11) is 2.86. The van der Waals surface area contributed by atoms with Crippen LogP contribution in [0.2, 0.25) is 0 Å². The lowest BCUT2D eigenvalue weighted by molar-refractivity contribution is -0.133. The molecule has 8 heteroatoms. The molecule has 3 aromatic rings. The molecule has 0 bridgehead atoms. The standard InChI is InChI=1S/C25H20ClNO6/c1-31-20-7-4-6-18(14-20)22(26)23(32-2)25(30)33-21-8-3-5-16(13-21)15-27-19-11-9-17(10-12-19)24(28)29/h3-15H,1-2H3,(H,28,29)/b23-22+,27-15?. The minimum absolute atomic E-state index is 0.0870. The number of carbonyl (C=O) groups excluding carboxylic acids is 1. The highest BCUT2D eigenvalue weighted by Crippen LogP contribution is 2.28. The first-order valence-corrected chi connectivity index (χ1v) is 10.1. The van der Waals surface area contributed by atoms with Gasteiger partial charge in [0.1, 0.15) is 11.5 Å². The first kappa shape index (κ1) is 23.6. The number of carboxylic acids is 1. The van der Waals surface area contributed by atoms with Crippen molar-refractivity contribution in [2.75, 3.05) is 14.2 Å². The lowest BCUT2D eigenvalue weighted by atomic mass is 10.2. The summed E-state index contributed by atoms with van der Waals surface area (Å²) >= 11 is 6.38. The number of halogens is 1. The zero-order valence-corrected chi connectivity index (χ0v) is 18.6. The molecule has 7 nitrogen and oxygen atoms in total. The van der Waals surface area contributed by atoms with Crippen LogP contribution in [0.5, 0.6) is 11.5 Å². The Balaban J connectivity index is 1.76. The van der Waals surface area contributed by atoms with Crippen LogP contribution in [0.1, 0.15) is 21.5 Å². The number of esters is 1. The molecule has 0 saturated carbocycles. The quantitative estimate of drug-likeness (QED) is 0.159. The van der Waals surface area contributed by atoms with Crippen LogP contribution in [0, 0.1) is 0 Å². The van der Waals surface area contributed by atoms with Crippen molar-refractivity contribution in [3.63, 3.8) is 0 Å². The van der Waals surface area contributed by atoms with E-state index < -0.39 is 11.9 Å². The highest BCUT2D eigenvalue weighted by Gasteiger charge is 2.19. The summed E-state index contributed by atoms with van der Waals surface area (Å²) in [6, 6.07) is 19.8. The van der Waals surface area contributed by atoms with Gasteiger partial charge in [-0.3, -0.25) is 4.99 Å². The van der Waals surface area contributed by atoms with Gasteiger partial charge in [0.15, 0.2) is 0 Å². The Kier molecular flexibility index (Phi) is 7.83. The second kappa shape index (κ2) is 11.0. The van der Waals surface area contributed by atoms with Crippen molar-refractivity contribution in [3.8, 4) is 11.5 Å². The van der Waals surface area contributed by atoms with E-state index in [0.717, 1.165) is 0 Å². The maximum absolute atomic E-state index is 12.7. The van der Waals surface area contributed by atoms with Crippen LogP contribution in [-0.2, 0) is 9.53 Å². The molecule has 0 aromatic heterocycles. The molecular formula is C25H20ClNO6. The number of hydrogen-bond acceptors (Lipinski definition) is 6. The molecule has 0 amide bonds. The van der Waals surface area contributed by atoms with Crippen molar-refractivity contribution >= 4 is 40.5 Å². The van der Waals surface area contributed by atoms with Gasteiger partial charge in [-0.15, -0.1) is 0 Å². The summed E-state index contributed by atoms with van der Waals surface area (Å²) in [6.45, 7) is 0. The van der Waals surface area contributed by atoms with Crippen molar-refractivity contribution in [2.45, 2.75) is 0 Å². The summed E-state index contributed by atoms with van der Waals surface area (Å²) in [4.78, 5) is 27.9. The van der Waals surface area contributed by atoms with E-state index in [2.05, 4.69) is 4.99 Å². The second-order valence-electron chi connectivity index (χ2n) is 6.65. The highest BCUT2D eigenvalue weighted by molar-refractivity contribution is 6.50. The van der Waals surface area contributed by atoms with Gasteiger partial charge in [0.25, 0.3) is 0 Å². The number of aromatic carboxylic acids is 1. The number of methoxy groups -OCH3 is 2. The number of nitrogens with zero attached hydrogens (tertiary/aromatic N) is 1. The number of carboxylic acid groups (broad SMARTS) is 1. The van der Waals surface area contributed by atoms with E-state index in [1.54, 1.807) is 66.9 Å². The molecule has 3 aromatic carbocycles. The van der Waals surface area contributed by atoms with Gasteiger partial charge in [-0.05, 0) is 54.1 Å². The van der Waals surface area contributed by atoms with Crippen LogP contribution >= 0.6 is 11.6 Å². The lowest BCUT2D eigenvalue weighted by Crippen LogP contribution is -2.14. The summed E-state index contributed by atoms with van der Waals surface area (Å²) in [6.07, 6.45) is 1.57. The third-order valence-electron chi connectivity index (χ3n) is 4.46. The molecular weight excluding hydrogens is 446 g/mol. The molecule has 3 rings (SSSR count). The fraction of sp³-hybridized carbons (Fsp3) is 0.0800. The van der Waals surface area contributed by atoms with Crippen molar-refractivity contribution < 1.29 is 28.9 Å². The number of aliphatic imine (C=N–C) groups is 1. The Morgan fingerprint density at radius 1 is 0.909 bits per heavy atom. The van der Waals surface area contributed by atoms with Crippen LogP contribution in [0.25, 0.3) is 5.03 Å². The van der Waals surface area contributed by atoms with E-state index in [1.165, 1.54) is 26.4 Å². The minimum Gasteiger partial charge on any atom is -0.497 e. The molecule has 1 N–H and O–H groups in total. The third kappa shape index (κ3) is 6.21. The maximum atomic E-state index is 12.7. The number of ether oxygens (including phenoxy) is 3. The van der Waals surface area contributed by atoms with E-state index in [0.29, 0.717) is 22.6 Å².